The summed E-state index contributed by atoms with van der Waals surface area (Å²) in [4.78, 5) is 25.7. The molecule has 0 unspecified atom stereocenters. The number of carbonyl (C=O) groups is 1. The van der Waals surface area contributed by atoms with Gasteiger partial charge in [-0.25, -0.2) is 15.0 Å². The summed E-state index contributed by atoms with van der Waals surface area (Å²) in [5.41, 5.74) is 3.27. The predicted octanol–water partition coefficient (Wildman–Crippen LogP) is 3.58. The molecule has 7 heteroatoms. The molecule has 2 aromatic heterocycles. The minimum Gasteiger partial charge on any atom is -0.338 e. The molecule has 134 valence electrons. The number of amides is 1. The molecule has 0 aliphatic carbocycles. The molecular formula is C19H20ClN5O. The predicted molar refractivity (Wildman–Crippen MR) is 102 cm³/mol. The van der Waals surface area contributed by atoms with Gasteiger partial charge < -0.3 is 9.88 Å². The van der Waals surface area contributed by atoms with E-state index < -0.39 is 0 Å². The van der Waals surface area contributed by atoms with Crippen LogP contribution in [0.2, 0.25) is 5.02 Å². The molecule has 0 radical (unpaired) electrons. The van der Waals surface area contributed by atoms with E-state index in [1.165, 1.54) is 0 Å². The highest BCUT2D eigenvalue weighted by Gasteiger charge is 2.13. The van der Waals surface area contributed by atoms with E-state index in [0.29, 0.717) is 22.8 Å². The van der Waals surface area contributed by atoms with Gasteiger partial charge in [0.05, 0.1) is 16.9 Å². The third kappa shape index (κ3) is 4.26. The first-order valence-corrected chi connectivity index (χ1v) is 8.73. The van der Waals surface area contributed by atoms with Crippen LogP contribution < -0.4 is 5.32 Å². The van der Waals surface area contributed by atoms with Crippen LogP contribution in [-0.2, 0) is 19.9 Å². The summed E-state index contributed by atoms with van der Waals surface area (Å²) in [5, 5.41) is 3.14. The van der Waals surface area contributed by atoms with E-state index in [9.17, 15) is 4.79 Å². The van der Waals surface area contributed by atoms with E-state index in [1.807, 2.05) is 26.1 Å². The van der Waals surface area contributed by atoms with Gasteiger partial charge in [-0.3, -0.25) is 4.79 Å². The number of benzene rings is 1. The van der Waals surface area contributed by atoms with Gasteiger partial charge in [0.25, 0.3) is 5.91 Å². The zero-order chi connectivity index (χ0) is 18.7. The van der Waals surface area contributed by atoms with Gasteiger partial charge in [0.15, 0.2) is 5.82 Å². The highest BCUT2D eigenvalue weighted by Crippen LogP contribution is 2.20. The Morgan fingerprint density at radius 3 is 2.77 bits per heavy atom. The third-order valence-electron chi connectivity index (χ3n) is 3.90. The van der Waals surface area contributed by atoms with E-state index >= 15 is 0 Å². The molecular weight excluding hydrogens is 350 g/mol. The number of aromatic nitrogens is 4. The van der Waals surface area contributed by atoms with Gasteiger partial charge in [0.2, 0.25) is 0 Å². The molecule has 2 heterocycles. The molecule has 6 nitrogen and oxygen atoms in total. The number of halogens is 1. The first-order valence-electron chi connectivity index (χ1n) is 8.35. The summed E-state index contributed by atoms with van der Waals surface area (Å²) in [7, 11) is 1.84. The molecule has 0 bridgehead atoms. The second kappa shape index (κ2) is 7.66. The van der Waals surface area contributed by atoms with Crippen molar-refractivity contribution in [2.75, 3.05) is 5.32 Å². The summed E-state index contributed by atoms with van der Waals surface area (Å²) in [5.74, 6) is 0.920. The molecule has 3 aromatic rings. The van der Waals surface area contributed by atoms with Crippen LogP contribution in [0.5, 0.6) is 0 Å². The lowest BCUT2D eigenvalue weighted by molar-refractivity contribution is 0.102. The maximum absolute atomic E-state index is 12.5. The second-order valence-electron chi connectivity index (χ2n) is 6.14. The summed E-state index contributed by atoms with van der Waals surface area (Å²) in [6, 6.07) is 7.37. The molecule has 0 spiro atoms. The number of anilines is 1. The number of nitrogens with zero attached hydrogens (tertiary/aromatic N) is 4. The van der Waals surface area contributed by atoms with Crippen LogP contribution in [0.1, 0.15) is 40.1 Å². The minimum atomic E-state index is -0.296. The van der Waals surface area contributed by atoms with Crippen molar-refractivity contribution in [3.8, 4) is 0 Å². The Bertz CT molecular complexity index is 951. The van der Waals surface area contributed by atoms with Gasteiger partial charge >= 0.3 is 0 Å². The zero-order valence-corrected chi connectivity index (χ0v) is 15.7. The Balaban J connectivity index is 1.83. The highest BCUT2D eigenvalue weighted by molar-refractivity contribution is 6.34. The van der Waals surface area contributed by atoms with Crippen LogP contribution in [0.25, 0.3) is 0 Å². The molecule has 0 saturated heterocycles. The van der Waals surface area contributed by atoms with Crippen LogP contribution in [0.15, 0.2) is 36.8 Å². The molecule has 3 rings (SSSR count). The Morgan fingerprint density at radius 1 is 1.27 bits per heavy atom. The van der Waals surface area contributed by atoms with E-state index in [4.69, 9.17) is 11.6 Å². The summed E-state index contributed by atoms with van der Waals surface area (Å²) < 4.78 is 1.76. The first kappa shape index (κ1) is 18.1. The summed E-state index contributed by atoms with van der Waals surface area (Å²) in [6.07, 6.45) is 4.74. The van der Waals surface area contributed by atoms with Gasteiger partial charge in [0, 0.05) is 31.1 Å². The molecule has 1 amide bonds. The fraction of sp³-hybridized carbons (Fsp3) is 0.263. The maximum atomic E-state index is 12.5. The molecule has 0 aliphatic heterocycles. The van der Waals surface area contributed by atoms with Gasteiger partial charge in [-0.15, -0.1) is 0 Å². The summed E-state index contributed by atoms with van der Waals surface area (Å²) >= 11 is 6.22. The van der Waals surface area contributed by atoms with E-state index in [1.54, 1.807) is 29.2 Å². The van der Waals surface area contributed by atoms with Crippen LogP contribution in [-0.4, -0.2) is 25.4 Å². The lowest BCUT2D eigenvalue weighted by Gasteiger charge is -2.08. The van der Waals surface area contributed by atoms with E-state index in [0.717, 1.165) is 29.2 Å². The standard InChI is InChI=1S/C19H20ClN5O/c1-4-14-7-12(2)22-17(23-14)9-13-5-6-16(20)15(8-13)19(26)24-18-10-25(3)11-21-18/h5-8,10-11H,4,9H2,1-3H3,(H,24,26). The zero-order valence-electron chi connectivity index (χ0n) is 15.0. The molecule has 1 aromatic carbocycles. The van der Waals surface area contributed by atoms with Crippen molar-refractivity contribution in [1.82, 2.24) is 19.5 Å². The number of rotatable bonds is 5. The highest BCUT2D eigenvalue weighted by atomic mass is 35.5. The van der Waals surface area contributed by atoms with Crippen LogP contribution >= 0.6 is 11.6 Å². The molecule has 0 atom stereocenters. The smallest absolute Gasteiger partial charge is 0.258 e. The van der Waals surface area contributed by atoms with Crippen molar-refractivity contribution in [3.05, 3.63) is 70.2 Å². The molecule has 0 fully saturated rings. The normalized spacial score (nSPS) is 10.8. The molecule has 1 N–H and O–H groups in total. The first-order chi connectivity index (χ1) is 12.4. The quantitative estimate of drug-likeness (QED) is 0.746. The van der Waals surface area contributed by atoms with Crippen LogP contribution in [0.4, 0.5) is 5.82 Å². The Morgan fingerprint density at radius 2 is 2.08 bits per heavy atom. The van der Waals surface area contributed by atoms with Crippen molar-refractivity contribution >= 4 is 23.3 Å². The van der Waals surface area contributed by atoms with E-state index in [-0.39, 0.29) is 5.91 Å². The molecule has 0 aliphatic rings. The molecule has 0 saturated carbocycles. The topological polar surface area (TPSA) is 72.7 Å². The Kier molecular flexibility index (Phi) is 5.32. The SMILES string of the molecule is CCc1cc(C)nc(Cc2ccc(Cl)c(C(=O)Nc3cn(C)cn3)c2)n1. The number of hydrogen-bond donors (Lipinski definition) is 1. The number of carbonyl (C=O) groups excluding carboxylic acids is 1. The van der Waals surface area contributed by atoms with Crippen LogP contribution in [0, 0.1) is 6.92 Å². The largest absolute Gasteiger partial charge is 0.338 e. The van der Waals surface area contributed by atoms with Gasteiger partial charge in [-0.1, -0.05) is 24.6 Å². The number of imidazole rings is 1. The molecule has 26 heavy (non-hydrogen) atoms. The van der Waals surface area contributed by atoms with E-state index in [2.05, 4.69) is 27.2 Å². The number of hydrogen-bond acceptors (Lipinski definition) is 4. The monoisotopic (exact) mass is 369 g/mol. The van der Waals surface area contributed by atoms with Crippen molar-refractivity contribution < 1.29 is 4.79 Å². The Labute approximate surface area is 157 Å². The van der Waals surface area contributed by atoms with Gasteiger partial charge in [-0.2, -0.15) is 0 Å². The maximum Gasteiger partial charge on any atom is 0.258 e. The minimum absolute atomic E-state index is 0.296. The second-order valence-corrected chi connectivity index (χ2v) is 6.55. The lowest BCUT2D eigenvalue weighted by Crippen LogP contribution is -2.13. The third-order valence-corrected chi connectivity index (χ3v) is 4.23. The van der Waals surface area contributed by atoms with Crippen molar-refractivity contribution in [3.63, 3.8) is 0 Å². The van der Waals surface area contributed by atoms with Gasteiger partial charge in [-0.05, 0) is 37.1 Å². The van der Waals surface area contributed by atoms with Crippen LogP contribution in [0.3, 0.4) is 0 Å². The summed E-state index contributed by atoms with van der Waals surface area (Å²) in [6.45, 7) is 4.02. The average molecular weight is 370 g/mol. The fourth-order valence-corrected chi connectivity index (χ4v) is 2.86. The number of aryl methyl sites for hydroxylation is 3. The fourth-order valence-electron chi connectivity index (χ4n) is 2.66. The number of nitrogens with one attached hydrogen (secondary N) is 1. The van der Waals surface area contributed by atoms with Crippen molar-refractivity contribution in [1.29, 1.82) is 0 Å². The average Bonchev–Trinajstić information content (AvgIpc) is 3.00. The van der Waals surface area contributed by atoms with Gasteiger partial charge in [0.1, 0.15) is 5.82 Å². The van der Waals surface area contributed by atoms with Crippen molar-refractivity contribution in [2.24, 2.45) is 7.05 Å². The Hall–Kier alpha value is -2.73. The van der Waals surface area contributed by atoms with Crippen molar-refractivity contribution in [2.45, 2.75) is 26.7 Å². The lowest BCUT2D eigenvalue weighted by atomic mass is 10.1.